The normalized spacial score (nSPS) is 11.0. The molecule has 2 rings (SSSR count). The number of amides is 1. The van der Waals surface area contributed by atoms with E-state index < -0.39 is 18.2 Å². The average molecular weight is 337 g/mol. The summed E-state index contributed by atoms with van der Waals surface area (Å²) in [5.74, 6) is -2.56. The first-order valence-corrected chi connectivity index (χ1v) is 6.95. The third-order valence-corrected chi connectivity index (χ3v) is 3.28. The second kappa shape index (κ2) is 6.74. The molecule has 1 N–H and O–H groups in total. The Hall–Kier alpha value is -2.83. The molecule has 4 nitrogen and oxygen atoms in total. The topological polar surface area (TPSA) is 55.4 Å². The van der Waals surface area contributed by atoms with Gasteiger partial charge in [-0.15, -0.1) is 0 Å². The summed E-state index contributed by atoms with van der Waals surface area (Å²) in [4.78, 5) is 22.3. The second-order valence-electron chi connectivity index (χ2n) is 5.16. The monoisotopic (exact) mass is 337 g/mol. The summed E-state index contributed by atoms with van der Waals surface area (Å²) in [6.07, 6.45) is -6.72. The largest absolute Gasteiger partial charge is 0.491 e. The summed E-state index contributed by atoms with van der Waals surface area (Å²) >= 11 is 0. The smallest absolute Gasteiger partial charge is 0.369 e. The molecule has 1 amide bonds. The molecule has 7 heteroatoms. The zero-order valence-electron chi connectivity index (χ0n) is 12.9. The molecule has 0 saturated carbocycles. The fourth-order valence-electron chi connectivity index (χ4n) is 2.08. The fourth-order valence-corrected chi connectivity index (χ4v) is 2.08. The highest BCUT2D eigenvalue weighted by Crippen LogP contribution is 2.31. The van der Waals surface area contributed by atoms with Crippen molar-refractivity contribution < 1.29 is 27.5 Å². The van der Waals surface area contributed by atoms with Crippen LogP contribution in [0.1, 0.15) is 11.1 Å². The van der Waals surface area contributed by atoms with Gasteiger partial charge in [0.2, 0.25) is 0 Å². The molecule has 2 aromatic rings. The Kier molecular flexibility index (Phi) is 4.92. The Labute approximate surface area is 136 Å². The molecule has 0 saturated heterocycles. The van der Waals surface area contributed by atoms with Crippen molar-refractivity contribution in [3.63, 3.8) is 0 Å². The number of ether oxygens (including phenoxy) is 1. The van der Waals surface area contributed by atoms with Crippen molar-refractivity contribution in [2.45, 2.75) is 20.0 Å². The number of aryl methyl sites for hydroxylation is 2. The summed E-state index contributed by atoms with van der Waals surface area (Å²) in [6.45, 7) is 3.60. The Bertz CT molecular complexity index is 768. The van der Waals surface area contributed by atoms with Gasteiger partial charge in [0.1, 0.15) is 0 Å². The number of carbonyl (C=O) groups excluding carboxylic acids is 2. The molecule has 2 aromatic carbocycles. The van der Waals surface area contributed by atoms with Gasteiger partial charge in [-0.05, 0) is 25.0 Å². The maximum Gasteiger partial charge on any atom is 0.491 e. The van der Waals surface area contributed by atoms with E-state index in [1.165, 1.54) is 0 Å². The number of nitrogens with one attached hydrogen (secondary N) is 1. The van der Waals surface area contributed by atoms with Crippen LogP contribution in [0.4, 0.5) is 23.7 Å². The van der Waals surface area contributed by atoms with Gasteiger partial charge in [-0.2, -0.15) is 13.2 Å². The van der Waals surface area contributed by atoms with Crippen LogP contribution in [0.2, 0.25) is 0 Å². The van der Waals surface area contributed by atoms with Gasteiger partial charge in [0.05, 0.1) is 5.69 Å². The van der Waals surface area contributed by atoms with Crippen LogP contribution >= 0.6 is 0 Å². The van der Waals surface area contributed by atoms with E-state index in [1.54, 1.807) is 25.1 Å². The highest BCUT2D eigenvalue weighted by Gasteiger charge is 2.42. The zero-order valence-corrected chi connectivity index (χ0v) is 12.9. The molecular formula is C17H14F3NO3. The Morgan fingerprint density at radius 2 is 1.62 bits per heavy atom. The van der Waals surface area contributed by atoms with Crippen LogP contribution in [0.3, 0.4) is 0 Å². The van der Waals surface area contributed by atoms with E-state index in [2.05, 4.69) is 10.1 Å². The number of hydrogen-bond donors (Lipinski definition) is 1. The molecule has 0 atom stereocenters. The highest BCUT2D eigenvalue weighted by molar-refractivity contribution is 5.98. The number of benzene rings is 2. The lowest BCUT2D eigenvalue weighted by Crippen LogP contribution is -2.30. The number of hydrogen-bond acceptors (Lipinski definition) is 3. The molecule has 0 fully saturated rings. The molecule has 0 aromatic heterocycles. The Balaban J connectivity index is 2.29. The van der Waals surface area contributed by atoms with Gasteiger partial charge < -0.3 is 4.74 Å². The number of esters is 1. The summed E-state index contributed by atoms with van der Waals surface area (Å²) in [6, 6.07) is 12.5. The van der Waals surface area contributed by atoms with Gasteiger partial charge in [0.15, 0.2) is 0 Å². The standard InChI is InChI=1S/C17H14F3NO3/c1-10-6-8-12(9-7-10)13-5-3-4-11(2)14(13)21-16(23)24-15(22)17(18,19)20/h3-9H,1-2H3,(H,21,23). The molecule has 0 aliphatic carbocycles. The van der Waals surface area contributed by atoms with Crippen molar-refractivity contribution in [3.8, 4) is 11.1 Å². The number of carbonyl (C=O) groups is 2. The summed E-state index contributed by atoms with van der Waals surface area (Å²) in [5, 5.41) is 2.21. The number of para-hydroxylation sites is 1. The lowest BCUT2D eigenvalue weighted by molar-refractivity contribution is -0.192. The molecule has 24 heavy (non-hydrogen) atoms. The van der Waals surface area contributed by atoms with Crippen molar-refractivity contribution in [3.05, 3.63) is 53.6 Å². The van der Waals surface area contributed by atoms with Crippen LogP contribution in [-0.4, -0.2) is 18.2 Å². The number of anilines is 1. The molecule has 0 heterocycles. The first-order valence-electron chi connectivity index (χ1n) is 6.95. The third kappa shape index (κ3) is 4.13. The van der Waals surface area contributed by atoms with Crippen LogP contribution in [-0.2, 0) is 9.53 Å². The fraction of sp³-hybridized carbons (Fsp3) is 0.176. The Morgan fingerprint density at radius 3 is 2.21 bits per heavy atom. The van der Waals surface area contributed by atoms with Gasteiger partial charge in [-0.1, -0.05) is 48.0 Å². The van der Waals surface area contributed by atoms with Crippen LogP contribution in [0, 0.1) is 13.8 Å². The lowest BCUT2D eigenvalue weighted by Gasteiger charge is -2.14. The van der Waals surface area contributed by atoms with Crippen molar-refractivity contribution in [2.24, 2.45) is 0 Å². The molecule has 126 valence electrons. The first-order chi connectivity index (χ1) is 11.2. The molecule has 0 unspecified atom stereocenters. The minimum absolute atomic E-state index is 0.279. The van der Waals surface area contributed by atoms with Crippen LogP contribution in [0.5, 0.6) is 0 Å². The van der Waals surface area contributed by atoms with Gasteiger partial charge in [0, 0.05) is 5.56 Å². The lowest BCUT2D eigenvalue weighted by atomic mass is 9.99. The van der Waals surface area contributed by atoms with Crippen LogP contribution in [0.15, 0.2) is 42.5 Å². The Morgan fingerprint density at radius 1 is 1.00 bits per heavy atom. The molecule has 0 aliphatic heterocycles. The maximum absolute atomic E-state index is 12.2. The number of rotatable bonds is 2. The van der Waals surface area contributed by atoms with Crippen LogP contribution in [0.25, 0.3) is 11.1 Å². The minimum Gasteiger partial charge on any atom is -0.369 e. The van der Waals surface area contributed by atoms with E-state index in [0.717, 1.165) is 11.1 Å². The minimum atomic E-state index is -5.23. The number of alkyl halides is 3. The van der Waals surface area contributed by atoms with Crippen molar-refractivity contribution in [1.29, 1.82) is 0 Å². The first kappa shape index (κ1) is 17.5. The van der Waals surface area contributed by atoms with Gasteiger partial charge >= 0.3 is 18.2 Å². The van der Waals surface area contributed by atoms with Gasteiger partial charge in [-0.3, -0.25) is 5.32 Å². The van der Waals surface area contributed by atoms with E-state index in [9.17, 15) is 22.8 Å². The predicted molar refractivity (Wildman–Crippen MR) is 82.5 cm³/mol. The third-order valence-electron chi connectivity index (χ3n) is 3.28. The van der Waals surface area contributed by atoms with E-state index in [-0.39, 0.29) is 5.69 Å². The molecule has 0 spiro atoms. The summed E-state index contributed by atoms with van der Waals surface area (Å²) in [7, 11) is 0. The SMILES string of the molecule is Cc1ccc(-c2cccc(C)c2NC(=O)OC(=O)C(F)(F)F)cc1. The van der Waals surface area contributed by atoms with Crippen molar-refractivity contribution >= 4 is 17.7 Å². The second-order valence-corrected chi connectivity index (χ2v) is 5.16. The van der Waals surface area contributed by atoms with Gasteiger partial charge in [0.25, 0.3) is 0 Å². The molecule has 0 aliphatic rings. The summed E-state index contributed by atoms with van der Waals surface area (Å²) in [5.41, 5.74) is 3.30. The van der Waals surface area contributed by atoms with Crippen LogP contribution < -0.4 is 5.32 Å². The van der Waals surface area contributed by atoms with E-state index in [0.29, 0.717) is 11.1 Å². The molecule has 0 radical (unpaired) electrons. The number of halogens is 3. The van der Waals surface area contributed by atoms with E-state index in [4.69, 9.17) is 0 Å². The van der Waals surface area contributed by atoms with Gasteiger partial charge in [-0.25, -0.2) is 9.59 Å². The predicted octanol–water partition coefficient (Wildman–Crippen LogP) is 4.61. The summed E-state index contributed by atoms with van der Waals surface area (Å²) < 4.78 is 40.2. The molecular weight excluding hydrogens is 323 g/mol. The maximum atomic E-state index is 12.2. The quantitative estimate of drug-likeness (QED) is 0.643. The molecule has 0 bridgehead atoms. The van der Waals surface area contributed by atoms with Crippen molar-refractivity contribution in [2.75, 3.05) is 5.32 Å². The highest BCUT2D eigenvalue weighted by atomic mass is 19.4. The zero-order chi connectivity index (χ0) is 17.9. The van der Waals surface area contributed by atoms with Crippen molar-refractivity contribution in [1.82, 2.24) is 0 Å². The van der Waals surface area contributed by atoms with E-state index in [1.807, 2.05) is 31.2 Å². The van der Waals surface area contributed by atoms with E-state index >= 15 is 0 Å². The average Bonchev–Trinajstić information content (AvgIpc) is 2.49.